The van der Waals surface area contributed by atoms with E-state index in [0.29, 0.717) is 18.0 Å². The van der Waals surface area contributed by atoms with Gasteiger partial charge in [-0.05, 0) is 50.3 Å². The lowest BCUT2D eigenvalue weighted by molar-refractivity contribution is -0.107. The second-order valence-electron chi connectivity index (χ2n) is 5.74. The molecule has 0 saturated heterocycles. The highest BCUT2D eigenvalue weighted by atomic mass is 16.5. The number of rotatable bonds is 5. The number of carbonyl (C=O) groups excluding carboxylic acids is 1. The predicted octanol–water partition coefficient (Wildman–Crippen LogP) is 2.72. The molecule has 0 bridgehead atoms. The van der Waals surface area contributed by atoms with Gasteiger partial charge >= 0.3 is 0 Å². The van der Waals surface area contributed by atoms with E-state index in [1.807, 2.05) is 25.1 Å². The normalized spacial score (nSPS) is 15.8. The maximum absolute atomic E-state index is 11.1. The monoisotopic (exact) mass is 301 g/mol. The molecule has 0 aliphatic heterocycles. The highest BCUT2D eigenvalue weighted by molar-refractivity contribution is 5.79. The molecule has 1 amide bonds. The molecule has 22 heavy (non-hydrogen) atoms. The summed E-state index contributed by atoms with van der Waals surface area (Å²) in [5, 5.41) is 10.3. The standard InChI is InChI=1S/C18H23NO3/c1-3-12-22-17-7-6-15(13-16(17)19(2)14-20)8-11-18(21)9-4-5-10-18/h6-7,13-14,21H,3-5,9-10,12H2,1-2H3. The average Bonchev–Trinajstić information content (AvgIpc) is 2.97. The van der Waals surface area contributed by atoms with Gasteiger partial charge in [0.05, 0.1) is 12.3 Å². The first-order valence-electron chi connectivity index (χ1n) is 7.78. The molecule has 0 aromatic heterocycles. The molecule has 0 spiro atoms. The summed E-state index contributed by atoms with van der Waals surface area (Å²) in [4.78, 5) is 12.5. The van der Waals surface area contributed by atoms with Gasteiger partial charge in [0, 0.05) is 12.6 Å². The van der Waals surface area contributed by atoms with Crippen LogP contribution in [0.2, 0.25) is 0 Å². The highest BCUT2D eigenvalue weighted by Gasteiger charge is 2.28. The van der Waals surface area contributed by atoms with Gasteiger partial charge < -0.3 is 14.7 Å². The third kappa shape index (κ3) is 4.02. The van der Waals surface area contributed by atoms with Crippen LogP contribution in [0.1, 0.15) is 44.6 Å². The number of nitrogens with zero attached hydrogens (tertiary/aromatic N) is 1. The zero-order chi connectivity index (χ0) is 16.0. The van der Waals surface area contributed by atoms with Gasteiger partial charge in [-0.25, -0.2) is 0 Å². The molecule has 4 nitrogen and oxygen atoms in total. The summed E-state index contributed by atoms with van der Waals surface area (Å²) in [6.07, 6.45) is 5.16. The van der Waals surface area contributed by atoms with E-state index in [0.717, 1.165) is 44.1 Å². The van der Waals surface area contributed by atoms with E-state index >= 15 is 0 Å². The molecule has 0 heterocycles. The summed E-state index contributed by atoms with van der Waals surface area (Å²) in [6, 6.07) is 5.51. The average molecular weight is 301 g/mol. The highest BCUT2D eigenvalue weighted by Crippen LogP contribution is 2.30. The van der Waals surface area contributed by atoms with E-state index < -0.39 is 5.60 Å². The Bertz CT molecular complexity index is 580. The molecular formula is C18H23NO3. The maximum atomic E-state index is 11.1. The van der Waals surface area contributed by atoms with Crippen molar-refractivity contribution in [1.82, 2.24) is 0 Å². The zero-order valence-electron chi connectivity index (χ0n) is 13.3. The molecule has 4 heteroatoms. The maximum Gasteiger partial charge on any atom is 0.213 e. The van der Waals surface area contributed by atoms with Gasteiger partial charge in [-0.2, -0.15) is 0 Å². The Kier molecular flexibility index (Phi) is 5.46. The minimum atomic E-state index is -0.853. The molecule has 1 N–H and O–H groups in total. The van der Waals surface area contributed by atoms with Gasteiger partial charge in [0.1, 0.15) is 11.4 Å². The minimum absolute atomic E-state index is 0.602. The molecule has 118 valence electrons. The minimum Gasteiger partial charge on any atom is -0.491 e. The molecule has 1 aromatic carbocycles. The van der Waals surface area contributed by atoms with Crippen molar-refractivity contribution in [3.05, 3.63) is 23.8 Å². The van der Waals surface area contributed by atoms with Crippen molar-refractivity contribution >= 4 is 12.1 Å². The summed E-state index contributed by atoms with van der Waals surface area (Å²) in [6.45, 7) is 2.63. The molecule has 1 aromatic rings. The summed E-state index contributed by atoms with van der Waals surface area (Å²) in [7, 11) is 1.68. The van der Waals surface area contributed by atoms with Gasteiger partial charge in [0.15, 0.2) is 0 Å². The van der Waals surface area contributed by atoms with Crippen LogP contribution in [0.25, 0.3) is 0 Å². The third-order valence-corrected chi connectivity index (χ3v) is 3.83. The summed E-state index contributed by atoms with van der Waals surface area (Å²) in [5.74, 6) is 6.68. The Hall–Kier alpha value is -1.99. The van der Waals surface area contributed by atoms with Gasteiger partial charge in [-0.15, -0.1) is 0 Å². The number of benzene rings is 1. The Morgan fingerprint density at radius 1 is 1.41 bits per heavy atom. The molecule has 1 aliphatic rings. The van der Waals surface area contributed by atoms with Crippen LogP contribution in [0.3, 0.4) is 0 Å². The number of aliphatic hydroxyl groups is 1. The number of hydrogen-bond donors (Lipinski definition) is 1. The fourth-order valence-electron chi connectivity index (χ4n) is 2.54. The van der Waals surface area contributed by atoms with Gasteiger partial charge in [-0.3, -0.25) is 4.79 Å². The van der Waals surface area contributed by atoms with Crippen molar-refractivity contribution in [3.63, 3.8) is 0 Å². The lowest BCUT2D eigenvalue weighted by Gasteiger charge is -2.17. The van der Waals surface area contributed by atoms with E-state index in [1.165, 1.54) is 4.90 Å². The van der Waals surface area contributed by atoms with E-state index in [2.05, 4.69) is 11.8 Å². The van der Waals surface area contributed by atoms with Gasteiger partial charge in [0.2, 0.25) is 6.41 Å². The summed E-state index contributed by atoms with van der Waals surface area (Å²) >= 11 is 0. The Balaban J connectivity index is 2.26. The summed E-state index contributed by atoms with van der Waals surface area (Å²) in [5.41, 5.74) is 0.607. The van der Waals surface area contributed by atoms with Crippen LogP contribution in [-0.4, -0.2) is 30.8 Å². The second-order valence-corrected chi connectivity index (χ2v) is 5.74. The van der Waals surface area contributed by atoms with Crippen molar-refractivity contribution in [1.29, 1.82) is 0 Å². The molecule has 1 fully saturated rings. The lowest BCUT2D eigenvalue weighted by atomic mass is 10.0. The quantitative estimate of drug-likeness (QED) is 0.672. The Labute approximate surface area is 132 Å². The van der Waals surface area contributed by atoms with Crippen LogP contribution in [0.4, 0.5) is 5.69 Å². The van der Waals surface area contributed by atoms with Crippen molar-refractivity contribution < 1.29 is 14.6 Å². The Morgan fingerprint density at radius 3 is 2.77 bits per heavy atom. The van der Waals surface area contributed by atoms with Crippen molar-refractivity contribution in [2.45, 2.75) is 44.6 Å². The SMILES string of the molecule is CCCOc1ccc(C#CC2(O)CCCC2)cc1N(C)C=O. The third-order valence-electron chi connectivity index (χ3n) is 3.83. The number of anilines is 1. The van der Waals surface area contributed by atoms with Crippen molar-refractivity contribution in [2.24, 2.45) is 0 Å². The number of hydrogen-bond acceptors (Lipinski definition) is 3. The van der Waals surface area contributed by atoms with E-state index in [-0.39, 0.29) is 0 Å². The molecular weight excluding hydrogens is 278 g/mol. The van der Waals surface area contributed by atoms with Crippen LogP contribution in [-0.2, 0) is 4.79 Å². The topological polar surface area (TPSA) is 49.8 Å². The van der Waals surface area contributed by atoms with E-state index in [1.54, 1.807) is 7.05 Å². The van der Waals surface area contributed by atoms with Crippen molar-refractivity contribution in [2.75, 3.05) is 18.6 Å². The number of ether oxygens (including phenoxy) is 1. The van der Waals surface area contributed by atoms with Crippen LogP contribution >= 0.6 is 0 Å². The van der Waals surface area contributed by atoms with Crippen LogP contribution in [0.15, 0.2) is 18.2 Å². The summed E-state index contributed by atoms with van der Waals surface area (Å²) < 4.78 is 5.66. The predicted molar refractivity (Wildman–Crippen MR) is 87.0 cm³/mol. The molecule has 0 radical (unpaired) electrons. The Morgan fingerprint density at radius 2 is 2.14 bits per heavy atom. The fraction of sp³-hybridized carbons (Fsp3) is 0.500. The van der Waals surface area contributed by atoms with Crippen LogP contribution in [0, 0.1) is 11.8 Å². The van der Waals surface area contributed by atoms with Gasteiger partial charge in [-0.1, -0.05) is 18.8 Å². The van der Waals surface area contributed by atoms with Crippen LogP contribution in [0.5, 0.6) is 5.75 Å². The first-order valence-corrected chi connectivity index (χ1v) is 7.78. The molecule has 1 saturated carbocycles. The largest absolute Gasteiger partial charge is 0.491 e. The second kappa shape index (κ2) is 7.33. The smallest absolute Gasteiger partial charge is 0.213 e. The van der Waals surface area contributed by atoms with E-state index in [9.17, 15) is 9.90 Å². The van der Waals surface area contributed by atoms with Gasteiger partial charge in [0.25, 0.3) is 0 Å². The first kappa shape index (κ1) is 16.4. The van der Waals surface area contributed by atoms with Crippen molar-refractivity contribution in [3.8, 4) is 17.6 Å². The fourth-order valence-corrected chi connectivity index (χ4v) is 2.54. The first-order chi connectivity index (χ1) is 10.6. The number of amides is 1. The zero-order valence-corrected chi connectivity index (χ0v) is 13.3. The molecule has 0 unspecified atom stereocenters. The molecule has 0 atom stereocenters. The van der Waals surface area contributed by atoms with Crippen LogP contribution < -0.4 is 9.64 Å². The molecule has 2 rings (SSSR count). The van der Waals surface area contributed by atoms with E-state index in [4.69, 9.17) is 4.74 Å². The molecule has 1 aliphatic carbocycles. The number of carbonyl (C=O) groups is 1. The lowest BCUT2D eigenvalue weighted by Crippen LogP contribution is -2.20.